The first kappa shape index (κ1) is 6.61. The molecule has 54 valence electrons. The van der Waals surface area contributed by atoms with Gasteiger partial charge in [-0.15, -0.1) is 6.42 Å². The lowest BCUT2D eigenvalue weighted by Gasteiger charge is -2.14. The van der Waals surface area contributed by atoms with Crippen molar-refractivity contribution >= 4 is 11.8 Å². The van der Waals surface area contributed by atoms with Crippen LogP contribution in [0.15, 0.2) is 0 Å². The van der Waals surface area contributed by atoms with Crippen LogP contribution in [0.2, 0.25) is 0 Å². The summed E-state index contributed by atoms with van der Waals surface area (Å²) in [4.78, 5) is 0. The molecule has 0 aromatic carbocycles. The molecule has 0 spiro atoms. The standard InChI is InChI=1S/C9H12S/c1-2-9(4-5-9)8-3-6-10-7-8/h1,8H,3-7H2. The lowest BCUT2D eigenvalue weighted by atomic mass is 9.89. The molecular formula is C9H12S. The molecule has 0 N–H and O–H groups in total. The number of hydrogen-bond donors (Lipinski definition) is 0. The van der Waals surface area contributed by atoms with Gasteiger partial charge in [-0.2, -0.15) is 11.8 Å². The minimum absolute atomic E-state index is 0.378. The van der Waals surface area contributed by atoms with Gasteiger partial charge in [0.05, 0.1) is 0 Å². The highest BCUT2D eigenvalue weighted by Crippen LogP contribution is 2.55. The predicted octanol–water partition coefficient (Wildman–Crippen LogP) is 2.15. The second-order valence-corrected chi connectivity index (χ2v) is 4.51. The van der Waals surface area contributed by atoms with E-state index >= 15 is 0 Å². The second kappa shape index (κ2) is 2.20. The molecule has 0 aromatic rings. The normalized spacial score (nSPS) is 35.3. The van der Waals surface area contributed by atoms with Crippen molar-refractivity contribution in [3.05, 3.63) is 0 Å². The molecule has 0 radical (unpaired) electrons. The summed E-state index contributed by atoms with van der Waals surface area (Å²) < 4.78 is 0. The van der Waals surface area contributed by atoms with E-state index in [-0.39, 0.29) is 0 Å². The van der Waals surface area contributed by atoms with Gasteiger partial charge in [-0.25, -0.2) is 0 Å². The molecule has 2 rings (SSSR count). The van der Waals surface area contributed by atoms with Crippen molar-refractivity contribution in [3.63, 3.8) is 0 Å². The van der Waals surface area contributed by atoms with Crippen LogP contribution in [-0.2, 0) is 0 Å². The molecule has 1 aliphatic carbocycles. The van der Waals surface area contributed by atoms with Crippen LogP contribution in [0, 0.1) is 23.7 Å². The quantitative estimate of drug-likeness (QED) is 0.519. The lowest BCUT2D eigenvalue weighted by molar-refractivity contribution is 0.435. The summed E-state index contributed by atoms with van der Waals surface area (Å²) in [7, 11) is 0. The van der Waals surface area contributed by atoms with Gasteiger partial charge in [0.2, 0.25) is 0 Å². The second-order valence-electron chi connectivity index (χ2n) is 3.36. The van der Waals surface area contributed by atoms with E-state index in [2.05, 4.69) is 17.7 Å². The molecule has 1 saturated heterocycles. The molecule has 1 heterocycles. The third-order valence-corrected chi connectivity index (χ3v) is 3.95. The van der Waals surface area contributed by atoms with Crippen LogP contribution >= 0.6 is 11.8 Å². The van der Waals surface area contributed by atoms with Gasteiger partial charge < -0.3 is 0 Å². The van der Waals surface area contributed by atoms with Crippen molar-refractivity contribution in [2.45, 2.75) is 19.3 Å². The summed E-state index contributed by atoms with van der Waals surface area (Å²) in [5.41, 5.74) is 0.378. The lowest BCUT2D eigenvalue weighted by Crippen LogP contribution is -2.12. The Labute approximate surface area is 66.8 Å². The first-order valence-electron chi connectivity index (χ1n) is 3.93. The predicted molar refractivity (Wildman–Crippen MR) is 45.9 cm³/mol. The molecule has 0 aromatic heterocycles. The number of terminal acetylenes is 1. The molecule has 1 atom stereocenters. The minimum Gasteiger partial charge on any atom is -0.162 e. The van der Waals surface area contributed by atoms with Gasteiger partial charge >= 0.3 is 0 Å². The fourth-order valence-corrected chi connectivity index (χ4v) is 3.16. The van der Waals surface area contributed by atoms with Crippen molar-refractivity contribution in [1.82, 2.24) is 0 Å². The average molecular weight is 152 g/mol. The molecule has 10 heavy (non-hydrogen) atoms. The molecule has 1 aliphatic heterocycles. The summed E-state index contributed by atoms with van der Waals surface area (Å²) in [5, 5.41) is 0. The Kier molecular flexibility index (Phi) is 1.46. The summed E-state index contributed by atoms with van der Waals surface area (Å²) in [6.45, 7) is 0. The highest BCUT2D eigenvalue weighted by molar-refractivity contribution is 7.99. The Morgan fingerprint density at radius 2 is 2.30 bits per heavy atom. The Morgan fingerprint density at radius 1 is 1.50 bits per heavy atom. The molecule has 0 bridgehead atoms. The van der Waals surface area contributed by atoms with Crippen molar-refractivity contribution in [3.8, 4) is 12.3 Å². The monoisotopic (exact) mass is 152 g/mol. The molecular weight excluding hydrogens is 140 g/mol. The Bertz CT molecular complexity index is 168. The number of hydrogen-bond acceptors (Lipinski definition) is 1. The fourth-order valence-electron chi connectivity index (χ4n) is 1.78. The summed E-state index contributed by atoms with van der Waals surface area (Å²) in [6, 6.07) is 0. The highest BCUT2D eigenvalue weighted by Gasteiger charge is 2.48. The van der Waals surface area contributed by atoms with E-state index in [1.807, 2.05) is 0 Å². The largest absolute Gasteiger partial charge is 0.162 e. The van der Waals surface area contributed by atoms with E-state index < -0.39 is 0 Å². The molecule has 1 saturated carbocycles. The maximum atomic E-state index is 5.49. The Hall–Kier alpha value is -0.0900. The van der Waals surface area contributed by atoms with Gasteiger partial charge in [-0.3, -0.25) is 0 Å². The van der Waals surface area contributed by atoms with E-state index in [4.69, 9.17) is 6.42 Å². The van der Waals surface area contributed by atoms with Gasteiger partial charge in [0.25, 0.3) is 0 Å². The van der Waals surface area contributed by atoms with Crippen LogP contribution < -0.4 is 0 Å². The fraction of sp³-hybridized carbons (Fsp3) is 0.778. The smallest absolute Gasteiger partial charge is 0.0349 e. The van der Waals surface area contributed by atoms with E-state index in [1.165, 1.54) is 30.8 Å². The van der Waals surface area contributed by atoms with Crippen molar-refractivity contribution < 1.29 is 0 Å². The summed E-state index contributed by atoms with van der Waals surface area (Å²) >= 11 is 2.07. The first-order chi connectivity index (χ1) is 4.87. The topological polar surface area (TPSA) is 0 Å². The maximum Gasteiger partial charge on any atom is 0.0349 e. The third kappa shape index (κ3) is 0.864. The molecule has 1 heteroatoms. The van der Waals surface area contributed by atoms with Crippen LogP contribution in [-0.4, -0.2) is 11.5 Å². The van der Waals surface area contributed by atoms with Crippen LogP contribution in [0.3, 0.4) is 0 Å². The molecule has 2 fully saturated rings. The Balaban J connectivity index is 2.05. The summed E-state index contributed by atoms with van der Waals surface area (Å²) in [6.07, 6.45) is 9.46. The highest BCUT2D eigenvalue weighted by atomic mass is 32.2. The van der Waals surface area contributed by atoms with Gasteiger partial charge in [-0.1, -0.05) is 5.92 Å². The zero-order valence-electron chi connectivity index (χ0n) is 6.10. The molecule has 2 aliphatic rings. The average Bonchev–Trinajstić information content (AvgIpc) is 2.58. The van der Waals surface area contributed by atoms with Crippen LogP contribution in [0.1, 0.15) is 19.3 Å². The van der Waals surface area contributed by atoms with Crippen LogP contribution in [0.5, 0.6) is 0 Å². The van der Waals surface area contributed by atoms with E-state index in [1.54, 1.807) is 0 Å². The van der Waals surface area contributed by atoms with Crippen molar-refractivity contribution in [2.75, 3.05) is 11.5 Å². The van der Waals surface area contributed by atoms with Crippen molar-refractivity contribution in [2.24, 2.45) is 11.3 Å². The van der Waals surface area contributed by atoms with Crippen molar-refractivity contribution in [1.29, 1.82) is 0 Å². The van der Waals surface area contributed by atoms with Gasteiger partial charge in [-0.05, 0) is 36.7 Å². The zero-order valence-corrected chi connectivity index (χ0v) is 6.91. The van der Waals surface area contributed by atoms with E-state index in [0.717, 1.165) is 5.92 Å². The van der Waals surface area contributed by atoms with Gasteiger partial charge in [0.15, 0.2) is 0 Å². The third-order valence-electron chi connectivity index (χ3n) is 2.79. The SMILES string of the molecule is C#CC1(C2CCSC2)CC1. The first-order valence-corrected chi connectivity index (χ1v) is 5.08. The Morgan fingerprint density at radius 3 is 2.70 bits per heavy atom. The van der Waals surface area contributed by atoms with Gasteiger partial charge in [0.1, 0.15) is 0 Å². The number of rotatable bonds is 1. The molecule has 0 nitrogen and oxygen atoms in total. The zero-order chi connectivity index (χ0) is 7.03. The molecule has 0 amide bonds. The van der Waals surface area contributed by atoms with E-state index in [9.17, 15) is 0 Å². The molecule has 1 unspecified atom stereocenters. The van der Waals surface area contributed by atoms with Crippen LogP contribution in [0.4, 0.5) is 0 Å². The summed E-state index contributed by atoms with van der Waals surface area (Å²) in [5.74, 6) is 6.51. The number of thioether (sulfide) groups is 1. The maximum absolute atomic E-state index is 5.49. The van der Waals surface area contributed by atoms with E-state index in [0.29, 0.717) is 5.41 Å². The van der Waals surface area contributed by atoms with Gasteiger partial charge in [0, 0.05) is 5.41 Å². The van der Waals surface area contributed by atoms with Crippen LogP contribution in [0.25, 0.3) is 0 Å². The minimum atomic E-state index is 0.378.